The second kappa shape index (κ2) is 4.97. The van der Waals surface area contributed by atoms with E-state index in [1.54, 1.807) is 0 Å². The average molecular weight is 213 g/mol. The molecule has 1 saturated carbocycles. The molecule has 0 aliphatic heterocycles. The van der Waals surface area contributed by atoms with E-state index in [9.17, 15) is 4.79 Å². The van der Waals surface area contributed by atoms with E-state index in [1.165, 1.54) is 13.5 Å². The van der Waals surface area contributed by atoms with Crippen LogP contribution in [0.3, 0.4) is 0 Å². The third-order valence-electron chi connectivity index (χ3n) is 3.40. The van der Waals surface area contributed by atoms with Gasteiger partial charge in [0.05, 0.1) is 7.11 Å². The van der Waals surface area contributed by atoms with E-state index < -0.39 is 5.54 Å². The summed E-state index contributed by atoms with van der Waals surface area (Å²) in [5.41, 5.74) is -0.443. The van der Waals surface area contributed by atoms with Gasteiger partial charge in [-0.3, -0.25) is 10.1 Å². The fraction of sp³-hybridized carbons (Fsp3) is 0.917. The smallest absolute Gasteiger partial charge is 0.326 e. The van der Waals surface area contributed by atoms with E-state index in [0.29, 0.717) is 12.0 Å². The van der Waals surface area contributed by atoms with Crippen LogP contribution < -0.4 is 5.32 Å². The highest BCUT2D eigenvalue weighted by atomic mass is 16.5. The molecule has 1 N–H and O–H groups in total. The summed E-state index contributed by atoms with van der Waals surface area (Å²) in [6, 6.07) is 0.310. The number of hydrogen-bond acceptors (Lipinski definition) is 3. The number of ether oxygens (including phenoxy) is 1. The minimum atomic E-state index is -0.443. The molecule has 0 amide bonds. The van der Waals surface area contributed by atoms with Crippen molar-refractivity contribution in [2.75, 3.05) is 7.11 Å². The Balaban J connectivity index is 2.87. The van der Waals surface area contributed by atoms with Gasteiger partial charge in [-0.25, -0.2) is 0 Å². The molecule has 1 rings (SSSR count). The van der Waals surface area contributed by atoms with Crippen molar-refractivity contribution in [3.63, 3.8) is 0 Å². The molecular formula is C12H23NO2. The highest BCUT2D eigenvalue weighted by Gasteiger charge is 2.45. The number of hydrogen-bond donors (Lipinski definition) is 1. The topological polar surface area (TPSA) is 38.3 Å². The molecule has 2 atom stereocenters. The Hall–Kier alpha value is -0.570. The Morgan fingerprint density at radius 2 is 2.13 bits per heavy atom. The zero-order valence-corrected chi connectivity index (χ0v) is 10.3. The van der Waals surface area contributed by atoms with Crippen LogP contribution in [0, 0.1) is 5.92 Å². The maximum atomic E-state index is 12.0. The predicted octanol–water partition coefficient (Wildman–Crippen LogP) is 2.11. The van der Waals surface area contributed by atoms with Gasteiger partial charge in [0.25, 0.3) is 0 Å². The van der Waals surface area contributed by atoms with Crippen LogP contribution in [0.25, 0.3) is 0 Å². The average Bonchev–Trinajstić information content (AvgIpc) is 2.19. The molecule has 3 nitrogen and oxygen atoms in total. The maximum Gasteiger partial charge on any atom is 0.326 e. The van der Waals surface area contributed by atoms with Crippen LogP contribution in [-0.2, 0) is 9.53 Å². The molecule has 0 aromatic carbocycles. The third-order valence-corrected chi connectivity index (χ3v) is 3.40. The monoisotopic (exact) mass is 213 g/mol. The SMILES string of the molecule is COC(=O)C1(NC(C)C)CCCCC1C. The molecule has 1 aliphatic rings. The molecule has 0 aromatic heterocycles. The number of rotatable bonds is 3. The zero-order valence-electron chi connectivity index (χ0n) is 10.3. The van der Waals surface area contributed by atoms with E-state index in [2.05, 4.69) is 26.1 Å². The summed E-state index contributed by atoms with van der Waals surface area (Å²) < 4.78 is 4.96. The van der Waals surface area contributed by atoms with Gasteiger partial charge in [-0.05, 0) is 32.6 Å². The van der Waals surface area contributed by atoms with Crippen LogP contribution >= 0.6 is 0 Å². The second-order valence-electron chi connectivity index (χ2n) is 4.91. The van der Waals surface area contributed by atoms with Crippen molar-refractivity contribution in [1.82, 2.24) is 5.32 Å². The normalized spacial score (nSPS) is 31.7. The van der Waals surface area contributed by atoms with Gasteiger partial charge < -0.3 is 4.74 Å². The van der Waals surface area contributed by atoms with Gasteiger partial charge in [0.15, 0.2) is 0 Å². The number of nitrogens with one attached hydrogen (secondary N) is 1. The number of esters is 1. The summed E-state index contributed by atoms with van der Waals surface area (Å²) in [7, 11) is 1.48. The van der Waals surface area contributed by atoms with Gasteiger partial charge in [-0.15, -0.1) is 0 Å². The van der Waals surface area contributed by atoms with Gasteiger partial charge in [0, 0.05) is 6.04 Å². The second-order valence-corrected chi connectivity index (χ2v) is 4.91. The lowest BCUT2D eigenvalue weighted by atomic mass is 9.73. The molecule has 2 unspecified atom stereocenters. The highest BCUT2D eigenvalue weighted by Crippen LogP contribution is 2.35. The molecule has 0 bridgehead atoms. The Kier molecular flexibility index (Phi) is 4.14. The van der Waals surface area contributed by atoms with Crippen molar-refractivity contribution in [3.05, 3.63) is 0 Å². The molecule has 0 radical (unpaired) electrons. The summed E-state index contributed by atoms with van der Waals surface area (Å²) in [5, 5.41) is 3.42. The van der Waals surface area contributed by atoms with Crippen LogP contribution in [-0.4, -0.2) is 24.7 Å². The molecule has 0 spiro atoms. The Bertz CT molecular complexity index is 228. The van der Waals surface area contributed by atoms with Crippen LogP contribution in [0.4, 0.5) is 0 Å². The fourth-order valence-electron chi connectivity index (χ4n) is 2.62. The van der Waals surface area contributed by atoms with Gasteiger partial charge in [0.1, 0.15) is 5.54 Å². The lowest BCUT2D eigenvalue weighted by Crippen LogP contribution is -2.60. The molecule has 15 heavy (non-hydrogen) atoms. The van der Waals surface area contributed by atoms with Gasteiger partial charge in [-0.2, -0.15) is 0 Å². The van der Waals surface area contributed by atoms with E-state index in [0.717, 1.165) is 19.3 Å². The zero-order chi connectivity index (χ0) is 11.5. The first kappa shape index (κ1) is 12.5. The molecule has 1 fully saturated rings. The first-order chi connectivity index (χ1) is 7.03. The Labute approximate surface area is 92.6 Å². The highest BCUT2D eigenvalue weighted by molar-refractivity contribution is 5.81. The summed E-state index contributed by atoms with van der Waals surface area (Å²) in [5.74, 6) is 0.268. The van der Waals surface area contributed by atoms with Gasteiger partial charge >= 0.3 is 5.97 Å². The lowest BCUT2D eigenvalue weighted by molar-refractivity contribution is -0.153. The van der Waals surface area contributed by atoms with Crippen LogP contribution in [0.1, 0.15) is 46.5 Å². The van der Waals surface area contributed by atoms with Crippen LogP contribution in [0.5, 0.6) is 0 Å². The maximum absolute atomic E-state index is 12.0. The predicted molar refractivity (Wildman–Crippen MR) is 60.7 cm³/mol. The van der Waals surface area contributed by atoms with Gasteiger partial charge in [-0.1, -0.05) is 19.8 Å². The van der Waals surface area contributed by atoms with Crippen molar-refractivity contribution in [3.8, 4) is 0 Å². The molecule has 0 aromatic rings. The van der Waals surface area contributed by atoms with E-state index in [1.807, 2.05) is 0 Å². The first-order valence-corrected chi connectivity index (χ1v) is 5.89. The molecular weight excluding hydrogens is 190 g/mol. The molecule has 0 heterocycles. The summed E-state index contributed by atoms with van der Waals surface area (Å²) >= 11 is 0. The lowest BCUT2D eigenvalue weighted by Gasteiger charge is -2.42. The summed E-state index contributed by atoms with van der Waals surface area (Å²) in [6.07, 6.45) is 4.34. The van der Waals surface area contributed by atoms with Crippen molar-refractivity contribution in [2.45, 2.75) is 58.0 Å². The summed E-state index contributed by atoms with van der Waals surface area (Å²) in [4.78, 5) is 12.0. The van der Waals surface area contributed by atoms with Gasteiger partial charge in [0.2, 0.25) is 0 Å². The minimum absolute atomic E-state index is 0.0941. The molecule has 3 heteroatoms. The third kappa shape index (κ3) is 2.51. The standard InChI is InChI=1S/C12H23NO2/c1-9(2)13-12(11(14)15-4)8-6-5-7-10(12)3/h9-10,13H,5-8H2,1-4H3. The first-order valence-electron chi connectivity index (χ1n) is 5.89. The minimum Gasteiger partial charge on any atom is -0.468 e. The van der Waals surface area contributed by atoms with Crippen molar-refractivity contribution < 1.29 is 9.53 Å². The molecule has 0 saturated heterocycles. The largest absolute Gasteiger partial charge is 0.468 e. The van der Waals surface area contributed by atoms with Crippen LogP contribution in [0.15, 0.2) is 0 Å². The van der Waals surface area contributed by atoms with E-state index >= 15 is 0 Å². The summed E-state index contributed by atoms with van der Waals surface area (Å²) in [6.45, 7) is 6.30. The van der Waals surface area contributed by atoms with E-state index in [-0.39, 0.29) is 5.97 Å². The number of carbonyl (C=O) groups is 1. The quantitative estimate of drug-likeness (QED) is 0.730. The fourth-order valence-corrected chi connectivity index (χ4v) is 2.62. The number of methoxy groups -OCH3 is 1. The van der Waals surface area contributed by atoms with Crippen molar-refractivity contribution >= 4 is 5.97 Å². The molecule has 88 valence electrons. The van der Waals surface area contributed by atoms with Crippen molar-refractivity contribution in [1.29, 1.82) is 0 Å². The van der Waals surface area contributed by atoms with E-state index in [4.69, 9.17) is 4.74 Å². The Morgan fingerprint density at radius 3 is 2.60 bits per heavy atom. The Morgan fingerprint density at radius 1 is 1.47 bits per heavy atom. The number of carbonyl (C=O) groups excluding carboxylic acids is 1. The van der Waals surface area contributed by atoms with Crippen molar-refractivity contribution in [2.24, 2.45) is 5.92 Å². The molecule has 1 aliphatic carbocycles. The van der Waals surface area contributed by atoms with Crippen LogP contribution in [0.2, 0.25) is 0 Å².